The topological polar surface area (TPSA) is 51.5 Å². The number of aromatic nitrogens is 1. The molecule has 0 spiro atoms. The molecule has 5 nitrogen and oxygen atoms in total. The Morgan fingerprint density at radius 1 is 1.12 bits per heavy atom. The molecule has 3 aromatic rings. The number of amides is 1. The zero-order chi connectivity index (χ0) is 18.7. The molecule has 2 aromatic carbocycles. The van der Waals surface area contributed by atoms with E-state index in [0.29, 0.717) is 11.1 Å². The summed E-state index contributed by atoms with van der Waals surface area (Å²) in [5.74, 6) is -1.34. The number of fused-ring (bicyclic) bond motifs is 1. The maximum Gasteiger partial charge on any atom is 0.340 e. The number of halogens is 1. The molecular weight excluding hydrogens is 335 g/mol. The van der Waals surface area contributed by atoms with Gasteiger partial charge in [-0.15, -0.1) is 0 Å². The van der Waals surface area contributed by atoms with Crippen molar-refractivity contribution < 1.29 is 18.7 Å². The zero-order valence-electron chi connectivity index (χ0n) is 14.6. The van der Waals surface area contributed by atoms with Crippen LogP contribution >= 0.6 is 0 Å². The Bertz CT molecular complexity index is 965. The van der Waals surface area contributed by atoms with Crippen LogP contribution in [0.1, 0.15) is 15.9 Å². The Kier molecular flexibility index (Phi) is 5.02. The molecule has 0 saturated carbocycles. The maximum atomic E-state index is 13.7. The van der Waals surface area contributed by atoms with Gasteiger partial charge in [0.15, 0.2) is 6.61 Å². The van der Waals surface area contributed by atoms with Gasteiger partial charge < -0.3 is 14.2 Å². The summed E-state index contributed by atoms with van der Waals surface area (Å²) >= 11 is 0. The first-order chi connectivity index (χ1) is 12.5. The second kappa shape index (κ2) is 7.39. The molecule has 1 aromatic heterocycles. The molecule has 0 saturated heterocycles. The van der Waals surface area contributed by atoms with E-state index in [-0.39, 0.29) is 12.4 Å². The van der Waals surface area contributed by atoms with Crippen LogP contribution in [-0.4, -0.2) is 35.0 Å². The number of ether oxygens (including phenoxy) is 1. The summed E-state index contributed by atoms with van der Waals surface area (Å²) in [6.07, 6.45) is 1.68. The van der Waals surface area contributed by atoms with Gasteiger partial charge in [0.25, 0.3) is 5.91 Å². The monoisotopic (exact) mass is 354 g/mol. The van der Waals surface area contributed by atoms with Crippen LogP contribution in [0.4, 0.5) is 4.39 Å². The van der Waals surface area contributed by atoms with Gasteiger partial charge in [-0.3, -0.25) is 4.79 Å². The van der Waals surface area contributed by atoms with Crippen LogP contribution in [-0.2, 0) is 23.1 Å². The molecule has 0 aliphatic rings. The molecule has 0 N–H and O–H groups in total. The van der Waals surface area contributed by atoms with Crippen molar-refractivity contribution in [2.75, 3.05) is 13.7 Å². The summed E-state index contributed by atoms with van der Waals surface area (Å²) in [4.78, 5) is 25.9. The van der Waals surface area contributed by atoms with Crippen molar-refractivity contribution in [1.29, 1.82) is 0 Å². The highest BCUT2D eigenvalue weighted by molar-refractivity contribution is 6.04. The highest BCUT2D eigenvalue weighted by Crippen LogP contribution is 2.21. The number of para-hydroxylation sites is 1. The highest BCUT2D eigenvalue weighted by Gasteiger charge is 2.18. The molecule has 0 atom stereocenters. The summed E-state index contributed by atoms with van der Waals surface area (Å²) in [6, 6.07) is 13.7. The molecule has 0 radical (unpaired) electrons. The average Bonchev–Trinajstić information content (AvgIpc) is 2.98. The zero-order valence-corrected chi connectivity index (χ0v) is 14.6. The van der Waals surface area contributed by atoms with Crippen LogP contribution in [0.25, 0.3) is 10.9 Å². The largest absolute Gasteiger partial charge is 0.452 e. The van der Waals surface area contributed by atoms with Gasteiger partial charge in [0, 0.05) is 43.3 Å². The lowest BCUT2D eigenvalue weighted by Crippen LogP contribution is -2.31. The Balaban J connectivity index is 1.63. The smallest absolute Gasteiger partial charge is 0.340 e. The molecule has 6 heteroatoms. The van der Waals surface area contributed by atoms with Gasteiger partial charge in [0.1, 0.15) is 5.82 Å². The number of hydrogen-bond acceptors (Lipinski definition) is 3. The van der Waals surface area contributed by atoms with Crippen molar-refractivity contribution in [3.05, 3.63) is 71.7 Å². The third-order valence-electron chi connectivity index (χ3n) is 4.23. The van der Waals surface area contributed by atoms with Crippen molar-refractivity contribution >= 4 is 22.8 Å². The van der Waals surface area contributed by atoms with E-state index in [1.807, 2.05) is 35.9 Å². The average molecular weight is 354 g/mol. The van der Waals surface area contributed by atoms with E-state index >= 15 is 0 Å². The van der Waals surface area contributed by atoms with E-state index in [1.165, 1.54) is 11.0 Å². The van der Waals surface area contributed by atoms with Crippen LogP contribution in [0, 0.1) is 5.82 Å². The first kappa shape index (κ1) is 17.7. The van der Waals surface area contributed by atoms with Crippen molar-refractivity contribution in [2.45, 2.75) is 6.54 Å². The summed E-state index contributed by atoms with van der Waals surface area (Å²) in [5.41, 5.74) is 1.72. The van der Waals surface area contributed by atoms with E-state index in [1.54, 1.807) is 31.4 Å². The summed E-state index contributed by atoms with van der Waals surface area (Å²) in [5, 5.41) is 0.771. The normalized spacial score (nSPS) is 10.7. The molecule has 0 fully saturated rings. The molecule has 1 heterocycles. The lowest BCUT2D eigenvalue weighted by molar-refractivity contribution is -0.133. The number of hydrogen-bond donors (Lipinski definition) is 0. The maximum absolute atomic E-state index is 13.7. The fourth-order valence-corrected chi connectivity index (χ4v) is 2.79. The SMILES string of the molecule is CN(Cc1ccccc1F)C(=O)COC(=O)c1cn(C)c2ccccc12. The fourth-order valence-electron chi connectivity index (χ4n) is 2.79. The van der Waals surface area contributed by atoms with Crippen molar-refractivity contribution in [2.24, 2.45) is 7.05 Å². The lowest BCUT2D eigenvalue weighted by Gasteiger charge is -2.17. The van der Waals surface area contributed by atoms with E-state index in [9.17, 15) is 14.0 Å². The van der Waals surface area contributed by atoms with Crippen LogP contribution in [0.5, 0.6) is 0 Å². The predicted molar refractivity (Wildman–Crippen MR) is 96.1 cm³/mol. The van der Waals surface area contributed by atoms with Crippen molar-refractivity contribution in [3.8, 4) is 0 Å². The molecule has 0 aliphatic carbocycles. The van der Waals surface area contributed by atoms with E-state index in [4.69, 9.17) is 4.74 Å². The Labute approximate surface area is 150 Å². The molecule has 0 bridgehead atoms. The van der Waals surface area contributed by atoms with Gasteiger partial charge in [-0.25, -0.2) is 9.18 Å². The molecule has 26 heavy (non-hydrogen) atoms. The Morgan fingerprint density at radius 3 is 2.58 bits per heavy atom. The van der Waals surface area contributed by atoms with Gasteiger partial charge in [0.2, 0.25) is 0 Å². The first-order valence-electron chi connectivity index (χ1n) is 8.16. The molecule has 0 unspecified atom stereocenters. The number of likely N-dealkylation sites (N-methyl/N-ethyl adjacent to an activating group) is 1. The number of carbonyl (C=O) groups is 2. The Morgan fingerprint density at radius 2 is 1.81 bits per heavy atom. The minimum atomic E-state index is -0.561. The molecule has 134 valence electrons. The van der Waals surface area contributed by atoms with E-state index < -0.39 is 18.5 Å². The Hall–Kier alpha value is -3.15. The standard InChI is InChI=1S/C20H19FN2O3/c1-22-12-16(15-8-4-6-10-18(15)22)20(25)26-13-19(24)23(2)11-14-7-3-5-9-17(14)21/h3-10,12H,11,13H2,1-2H3. The second-order valence-electron chi connectivity index (χ2n) is 6.09. The fraction of sp³-hybridized carbons (Fsp3) is 0.200. The minimum absolute atomic E-state index is 0.108. The van der Waals surface area contributed by atoms with Crippen molar-refractivity contribution in [3.63, 3.8) is 0 Å². The number of esters is 1. The van der Waals surface area contributed by atoms with Crippen LogP contribution in [0.2, 0.25) is 0 Å². The number of aryl methyl sites for hydroxylation is 1. The summed E-state index contributed by atoms with van der Waals surface area (Å²) in [7, 11) is 3.38. The van der Waals surface area contributed by atoms with Crippen LogP contribution < -0.4 is 0 Å². The molecule has 3 rings (SSSR count). The number of rotatable bonds is 5. The predicted octanol–water partition coefficient (Wildman–Crippen LogP) is 3.13. The van der Waals surface area contributed by atoms with E-state index in [0.717, 1.165) is 10.9 Å². The number of nitrogens with zero attached hydrogens (tertiary/aromatic N) is 2. The van der Waals surface area contributed by atoms with Gasteiger partial charge >= 0.3 is 5.97 Å². The second-order valence-corrected chi connectivity index (χ2v) is 6.09. The molecule has 0 aliphatic heterocycles. The van der Waals surface area contributed by atoms with Gasteiger partial charge in [0.05, 0.1) is 5.56 Å². The van der Waals surface area contributed by atoms with E-state index in [2.05, 4.69) is 0 Å². The third kappa shape index (κ3) is 3.59. The van der Waals surface area contributed by atoms with Crippen molar-refractivity contribution in [1.82, 2.24) is 9.47 Å². The van der Waals surface area contributed by atoms with Gasteiger partial charge in [-0.2, -0.15) is 0 Å². The first-order valence-corrected chi connectivity index (χ1v) is 8.16. The number of benzene rings is 2. The number of carbonyl (C=O) groups excluding carboxylic acids is 2. The highest BCUT2D eigenvalue weighted by atomic mass is 19.1. The van der Waals surface area contributed by atoms with Crippen LogP contribution in [0.3, 0.4) is 0 Å². The summed E-state index contributed by atoms with van der Waals surface area (Å²) in [6.45, 7) is -0.287. The van der Waals surface area contributed by atoms with Crippen LogP contribution in [0.15, 0.2) is 54.7 Å². The summed E-state index contributed by atoms with van der Waals surface area (Å²) < 4.78 is 20.7. The van der Waals surface area contributed by atoms with Gasteiger partial charge in [-0.1, -0.05) is 36.4 Å². The molecular formula is C20H19FN2O3. The minimum Gasteiger partial charge on any atom is -0.452 e. The molecule has 1 amide bonds. The van der Waals surface area contributed by atoms with Gasteiger partial charge in [-0.05, 0) is 12.1 Å². The quantitative estimate of drug-likeness (QED) is 0.662. The lowest BCUT2D eigenvalue weighted by atomic mass is 10.2. The third-order valence-corrected chi connectivity index (χ3v) is 4.23.